The highest BCUT2D eigenvalue weighted by molar-refractivity contribution is 6.02. The normalized spacial score (nSPS) is 13.6. The topological polar surface area (TPSA) is 87.9 Å². The van der Waals surface area contributed by atoms with Crippen molar-refractivity contribution in [3.05, 3.63) is 88.8 Å². The van der Waals surface area contributed by atoms with E-state index in [9.17, 15) is 9.59 Å². The van der Waals surface area contributed by atoms with Crippen molar-refractivity contribution in [2.75, 3.05) is 31.5 Å². The summed E-state index contributed by atoms with van der Waals surface area (Å²) in [6.45, 7) is 7.74. The van der Waals surface area contributed by atoms with E-state index in [1.54, 1.807) is 9.80 Å². The SMILES string of the molecule is Cc1cccc(NC(=O)N2CCN(C(=O)c3cc4ccccc4cc3OCc3c(C)noc3C)CC2)c1. The maximum Gasteiger partial charge on any atom is 0.321 e. The van der Waals surface area contributed by atoms with Crippen LogP contribution < -0.4 is 10.1 Å². The number of amides is 3. The number of anilines is 1. The molecule has 0 atom stereocenters. The van der Waals surface area contributed by atoms with Crippen LogP contribution in [0.2, 0.25) is 0 Å². The minimum atomic E-state index is -0.160. The first-order valence-electron chi connectivity index (χ1n) is 12.4. The van der Waals surface area contributed by atoms with Crippen molar-refractivity contribution in [3.63, 3.8) is 0 Å². The summed E-state index contributed by atoms with van der Waals surface area (Å²) >= 11 is 0. The maximum atomic E-state index is 13.7. The Labute approximate surface area is 215 Å². The van der Waals surface area contributed by atoms with E-state index in [0.717, 1.165) is 33.3 Å². The van der Waals surface area contributed by atoms with E-state index in [-0.39, 0.29) is 18.5 Å². The highest BCUT2D eigenvalue weighted by Crippen LogP contribution is 2.29. The Bertz CT molecular complexity index is 1430. The van der Waals surface area contributed by atoms with Crippen molar-refractivity contribution in [1.82, 2.24) is 15.0 Å². The van der Waals surface area contributed by atoms with Crippen molar-refractivity contribution in [2.45, 2.75) is 27.4 Å². The monoisotopic (exact) mass is 498 g/mol. The zero-order valence-corrected chi connectivity index (χ0v) is 21.3. The molecular weight excluding hydrogens is 468 g/mol. The van der Waals surface area contributed by atoms with Crippen molar-refractivity contribution >= 4 is 28.4 Å². The number of aryl methyl sites for hydroxylation is 3. The lowest BCUT2D eigenvalue weighted by Crippen LogP contribution is -2.51. The number of urea groups is 1. The minimum Gasteiger partial charge on any atom is -0.488 e. The molecule has 0 bridgehead atoms. The van der Waals surface area contributed by atoms with E-state index in [1.807, 2.05) is 81.4 Å². The predicted molar refractivity (Wildman–Crippen MR) is 142 cm³/mol. The number of nitrogens with zero attached hydrogens (tertiary/aromatic N) is 3. The van der Waals surface area contributed by atoms with Crippen molar-refractivity contribution in [3.8, 4) is 5.75 Å². The Morgan fingerprint density at radius 2 is 1.62 bits per heavy atom. The fourth-order valence-electron chi connectivity index (χ4n) is 4.57. The summed E-state index contributed by atoms with van der Waals surface area (Å²) in [4.78, 5) is 29.9. The summed E-state index contributed by atoms with van der Waals surface area (Å²) in [6, 6.07) is 19.2. The van der Waals surface area contributed by atoms with Gasteiger partial charge >= 0.3 is 6.03 Å². The van der Waals surface area contributed by atoms with Gasteiger partial charge in [0.05, 0.1) is 16.8 Å². The van der Waals surface area contributed by atoms with Crippen LogP contribution in [-0.4, -0.2) is 53.1 Å². The Kier molecular flexibility index (Phi) is 6.81. The summed E-state index contributed by atoms with van der Waals surface area (Å²) in [5.74, 6) is 1.10. The molecule has 1 aromatic heterocycles. The number of benzene rings is 3. The molecule has 0 aliphatic carbocycles. The van der Waals surface area contributed by atoms with Gasteiger partial charge in [-0.15, -0.1) is 0 Å². The van der Waals surface area contributed by atoms with Gasteiger partial charge in [0.25, 0.3) is 5.91 Å². The average Bonchev–Trinajstić information content (AvgIpc) is 3.23. The van der Waals surface area contributed by atoms with E-state index >= 15 is 0 Å². The second-order valence-electron chi connectivity index (χ2n) is 9.37. The number of hydrogen-bond acceptors (Lipinski definition) is 5. The lowest BCUT2D eigenvalue weighted by molar-refractivity contribution is 0.0667. The summed E-state index contributed by atoms with van der Waals surface area (Å²) < 4.78 is 11.4. The second kappa shape index (κ2) is 10.3. The molecule has 8 nitrogen and oxygen atoms in total. The fraction of sp³-hybridized carbons (Fsp3) is 0.276. The van der Waals surface area contributed by atoms with Crippen LogP contribution in [0, 0.1) is 20.8 Å². The lowest BCUT2D eigenvalue weighted by atomic mass is 10.0. The minimum absolute atomic E-state index is 0.113. The van der Waals surface area contributed by atoms with Crippen LogP contribution in [0.15, 0.2) is 65.2 Å². The molecule has 0 radical (unpaired) electrons. The molecule has 1 saturated heterocycles. The predicted octanol–water partition coefficient (Wildman–Crippen LogP) is 5.32. The van der Waals surface area contributed by atoms with Crippen LogP contribution in [0.4, 0.5) is 10.5 Å². The van der Waals surface area contributed by atoms with Gasteiger partial charge < -0.3 is 24.4 Å². The molecule has 0 saturated carbocycles. The fourth-order valence-corrected chi connectivity index (χ4v) is 4.57. The molecule has 1 N–H and O–H groups in total. The molecule has 2 heterocycles. The van der Waals surface area contributed by atoms with Gasteiger partial charge in [0, 0.05) is 31.9 Å². The van der Waals surface area contributed by atoms with Gasteiger partial charge in [-0.05, 0) is 61.4 Å². The second-order valence-corrected chi connectivity index (χ2v) is 9.37. The van der Waals surface area contributed by atoms with Gasteiger partial charge in [-0.3, -0.25) is 4.79 Å². The molecule has 0 spiro atoms. The number of carbonyl (C=O) groups is 2. The van der Waals surface area contributed by atoms with E-state index in [1.165, 1.54) is 0 Å². The Morgan fingerprint density at radius 3 is 2.30 bits per heavy atom. The molecule has 3 aromatic carbocycles. The van der Waals surface area contributed by atoms with Crippen LogP contribution >= 0.6 is 0 Å². The van der Waals surface area contributed by atoms with Crippen molar-refractivity contribution in [1.29, 1.82) is 0 Å². The Hall–Kier alpha value is -4.33. The third kappa shape index (κ3) is 5.28. The zero-order chi connectivity index (χ0) is 25.9. The summed E-state index contributed by atoms with van der Waals surface area (Å²) in [5.41, 5.74) is 3.99. The molecule has 1 fully saturated rings. The third-order valence-corrected chi connectivity index (χ3v) is 6.75. The molecule has 190 valence electrons. The highest BCUT2D eigenvalue weighted by Gasteiger charge is 2.27. The number of fused-ring (bicyclic) bond motifs is 1. The summed E-state index contributed by atoms with van der Waals surface area (Å²) in [6.07, 6.45) is 0. The number of nitrogens with one attached hydrogen (secondary N) is 1. The van der Waals surface area contributed by atoms with E-state index in [2.05, 4.69) is 10.5 Å². The van der Waals surface area contributed by atoms with Crippen LogP contribution in [0.25, 0.3) is 10.8 Å². The van der Waals surface area contributed by atoms with Gasteiger partial charge in [-0.2, -0.15) is 0 Å². The standard InChI is InChI=1S/C29H30N4O4/c1-19-7-6-10-24(15-19)30-29(35)33-13-11-32(12-14-33)28(34)25-16-22-8-4-5-9-23(22)17-27(25)36-18-26-20(2)31-37-21(26)3/h4-10,15-17H,11-14,18H2,1-3H3,(H,30,35). The van der Waals surface area contributed by atoms with Crippen LogP contribution in [0.3, 0.4) is 0 Å². The van der Waals surface area contributed by atoms with Crippen molar-refractivity contribution in [2.24, 2.45) is 0 Å². The number of ether oxygens (including phenoxy) is 1. The quantitative estimate of drug-likeness (QED) is 0.402. The lowest BCUT2D eigenvalue weighted by Gasteiger charge is -2.35. The van der Waals surface area contributed by atoms with Gasteiger partial charge in [-0.25, -0.2) is 4.79 Å². The van der Waals surface area contributed by atoms with Gasteiger partial charge in [0.1, 0.15) is 18.1 Å². The molecule has 37 heavy (non-hydrogen) atoms. The Balaban J connectivity index is 1.31. The summed E-state index contributed by atoms with van der Waals surface area (Å²) in [5, 5.41) is 8.90. The van der Waals surface area contributed by atoms with Gasteiger partial charge in [-0.1, -0.05) is 41.6 Å². The van der Waals surface area contributed by atoms with Crippen LogP contribution in [0.5, 0.6) is 5.75 Å². The van der Waals surface area contributed by atoms with E-state index in [4.69, 9.17) is 9.26 Å². The van der Waals surface area contributed by atoms with E-state index in [0.29, 0.717) is 43.3 Å². The van der Waals surface area contributed by atoms with Crippen LogP contribution in [0.1, 0.15) is 32.9 Å². The summed E-state index contributed by atoms with van der Waals surface area (Å²) in [7, 11) is 0. The molecule has 3 amide bonds. The molecular formula is C29H30N4O4. The number of piperazine rings is 1. The Morgan fingerprint density at radius 1 is 0.919 bits per heavy atom. The third-order valence-electron chi connectivity index (χ3n) is 6.75. The molecule has 8 heteroatoms. The molecule has 1 aliphatic rings. The van der Waals surface area contributed by atoms with Crippen molar-refractivity contribution < 1.29 is 18.8 Å². The number of aromatic nitrogens is 1. The molecule has 5 rings (SSSR count). The average molecular weight is 499 g/mol. The number of hydrogen-bond donors (Lipinski definition) is 1. The highest BCUT2D eigenvalue weighted by atomic mass is 16.5. The first-order valence-corrected chi connectivity index (χ1v) is 12.4. The first kappa shape index (κ1) is 24.4. The molecule has 1 aliphatic heterocycles. The molecule has 0 unspecified atom stereocenters. The van der Waals surface area contributed by atoms with Gasteiger partial charge in [0.2, 0.25) is 0 Å². The number of carbonyl (C=O) groups excluding carboxylic acids is 2. The maximum absolute atomic E-state index is 13.7. The number of rotatable bonds is 5. The smallest absolute Gasteiger partial charge is 0.321 e. The molecule has 4 aromatic rings. The van der Waals surface area contributed by atoms with E-state index < -0.39 is 0 Å². The first-order chi connectivity index (χ1) is 17.9. The largest absolute Gasteiger partial charge is 0.488 e. The zero-order valence-electron chi connectivity index (χ0n) is 21.3. The van der Waals surface area contributed by atoms with Gasteiger partial charge in [0.15, 0.2) is 0 Å². The van der Waals surface area contributed by atoms with Crippen LogP contribution in [-0.2, 0) is 6.61 Å².